The minimum Gasteiger partial charge on any atom is -0.383 e. The summed E-state index contributed by atoms with van der Waals surface area (Å²) in [4.78, 5) is 2.40. The fourth-order valence-electron chi connectivity index (χ4n) is 2.20. The maximum atomic E-state index is 5.95. The van der Waals surface area contributed by atoms with E-state index in [9.17, 15) is 0 Å². The monoisotopic (exact) mass is 230 g/mol. The first-order chi connectivity index (χ1) is 7.76. The maximum Gasteiger partial charge on any atom is 0.0702 e. The first-order valence-corrected chi connectivity index (χ1v) is 6.34. The van der Waals surface area contributed by atoms with Gasteiger partial charge in [-0.05, 0) is 25.8 Å². The number of nitrogens with zero attached hydrogens (tertiary/aromatic N) is 1. The maximum absolute atomic E-state index is 5.95. The van der Waals surface area contributed by atoms with Crippen LogP contribution in [0.15, 0.2) is 0 Å². The van der Waals surface area contributed by atoms with Gasteiger partial charge in [0.2, 0.25) is 0 Å². The Morgan fingerprint density at radius 3 is 3.00 bits per heavy atom. The van der Waals surface area contributed by atoms with Gasteiger partial charge in [0, 0.05) is 32.8 Å². The smallest absolute Gasteiger partial charge is 0.0702 e. The van der Waals surface area contributed by atoms with Gasteiger partial charge in [-0.3, -0.25) is 4.90 Å². The van der Waals surface area contributed by atoms with E-state index in [-0.39, 0.29) is 6.04 Å². The Hall–Kier alpha value is -0.160. The van der Waals surface area contributed by atoms with E-state index < -0.39 is 0 Å². The third kappa shape index (κ3) is 5.25. The van der Waals surface area contributed by atoms with Crippen molar-refractivity contribution in [3.8, 4) is 0 Å². The van der Waals surface area contributed by atoms with Gasteiger partial charge >= 0.3 is 0 Å². The van der Waals surface area contributed by atoms with Crippen LogP contribution in [0.2, 0.25) is 0 Å². The Labute approximate surface area is 99.1 Å². The molecule has 1 aliphatic rings. The first-order valence-electron chi connectivity index (χ1n) is 6.34. The van der Waals surface area contributed by atoms with E-state index in [2.05, 4.69) is 11.8 Å². The number of nitrogens with two attached hydrogens (primary N) is 1. The van der Waals surface area contributed by atoms with Crippen molar-refractivity contribution in [1.29, 1.82) is 0 Å². The minimum atomic E-state index is 0.120. The van der Waals surface area contributed by atoms with Gasteiger partial charge in [0.15, 0.2) is 0 Å². The van der Waals surface area contributed by atoms with Crippen LogP contribution in [0.25, 0.3) is 0 Å². The molecule has 0 saturated carbocycles. The highest BCUT2D eigenvalue weighted by Gasteiger charge is 2.21. The van der Waals surface area contributed by atoms with Crippen LogP contribution < -0.4 is 5.73 Å². The first kappa shape index (κ1) is 13.9. The van der Waals surface area contributed by atoms with Gasteiger partial charge < -0.3 is 15.2 Å². The Morgan fingerprint density at radius 1 is 1.50 bits per heavy atom. The molecule has 0 aromatic heterocycles. The van der Waals surface area contributed by atoms with E-state index >= 15 is 0 Å². The van der Waals surface area contributed by atoms with Crippen LogP contribution >= 0.6 is 0 Å². The molecule has 0 aromatic carbocycles. The summed E-state index contributed by atoms with van der Waals surface area (Å²) in [5.41, 5.74) is 5.95. The molecule has 2 N–H and O–H groups in total. The summed E-state index contributed by atoms with van der Waals surface area (Å²) < 4.78 is 10.8. The van der Waals surface area contributed by atoms with Crippen LogP contribution in [0.5, 0.6) is 0 Å². The van der Waals surface area contributed by atoms with E-state index in [1.165, 1.54) is 12.8 Å². The second-order valence-corrected chi connectivity index (χ2v) is 4.61. The van der Waals surface area contributed by atoms with Crippen molar-refractivity contribution in [2.45, 2.75) is 38.3 Å². The van der Waals surface area contributed by atoms with Gasteiger partial charge in [0.1, 0.15) is 0 Å². The molecule has 4 heteroatoms. The molecule has 0 amide bonds. The molecular weight excluding hydrogens is 204 g/mol. The van der Waals surface area contributed by atoms with E-state index in [4.69, 9.17) is 15.2 Å². The van der Waals surface area contributed by atoms with E-state index in [1.807, 2.05) is 0 Å². The molecule has 0 aromatic rings. The lowest BCUT2D eigenvalue weighted by atomic mass is 10.1. The molecule has 0 bridgehead atoms. The average molecular weight is 230 g/mol. The Morgan fingerprint density at radius 2 is 2.31 bits per heavy atom. The zero-order chi connectivity index (χ0) is 11.8. The van der Waals surface area contributed by atoms with Crippen molar-refractivity contribution in [1.82, 2.24) is 4.90 Å². The second-order valence-electron chi connectivity index (χ2n) is 4.61. The summed E-state index contributed by atoms with van der Waals surface area (Å²) in [5.74, 6) is 0. The topological polar surface area (TPSA) is 47.7 Å². The lowest BCUT2D eigenvalue weighted by Crippen LogP contribution is -2.46. The Bertz CT molecular complexity index is 178. The summed E-state index contributed by atoms with van der Waals surface area (Å²) >= 11 is 0. The van der Waals surface area contributed by atoms with Gasteiger partial charge in [0.05, 0.1) is 12.7 Å². The number of methoxy groups -OCH3 is 1. The average Bonchev–Trinajstić information content (AvgIpc) is 2.27. The molecule has 0 aliphatic carbocycles. The van der Waals surface area contributed by atoms with Gasteiger partial charge in [-0.2, -0.15) is 0 Å². The van der Waals surface area contributed by atoms with Crippen molar-refractivity contribution >= 4 is 0 Å². The molecule has 1 rings (SSSR count). The molecule has 4 nitrogen and oxygen atoms in total. The van der Waals surface area contributed by atoms with Gasteiger partial charge in [-0.1, -0.05) is 6.92 Å². The second kappa shape index (κ2) is 8.01. The zero-order valence-electron chi connectivity index (χ0n) is 10.7. The molecule has 1 fully saturated rings. The normalized spacial score (nSPS) is 24.6. The van der Waals surface area contributed by atoms with E-state index in [1.54, 1.807) is 7.11 Å². The molecule has 96 valence electrons. The van der Waals surface area contributed by atoms with Crippen LogP contribution in [0.1, 0.15) is 26.2 Å². The van der Waals surface area contributed by atoms with E-state index in [0.717, 1.165) is 32.7 Å². The number of ether oxygens (including phenoxy) is 2. The van der Waals surface area contributed by atoms with Crippen molar-refractivity contribution in [3.63, 3.8) is 0 Å². The molecule has 1 aliphatic heterocycles. The molecule has 2 unspecified atom stereocenters. The Kier molecular flexibility index (Phi) is 6.96. The molecule has 2 atom stereocenters. The summed E-state index contributed by atoms with van der Waals surface area (Å²) in [5, 5.41) is 0. The number of hydrogen-bond donors (Lipinski definition) is 1. The number of hydrogen-bond acceptors (Lipinski definition) is 4. The number of rotatable bonds is 7. The summed E-state index contributed by atoms with van der Waals surface area (Å²) in [7, 11) is 1.70. The molecule has 0 spiro atoms. The minimum absolute atomic E-state index is 0.120. The quantitative estimate of drug-likeness (QED) is 0.704. The summed E-state index contributed by atoms with van der Waals surface area (Å²) in [6.45, 7) is 6.75. The summed E-state index contributed by atoms with van der Waals surface area (Å²) in [6.07, 6.45) is 3.91. The van der Waals surface area contributed by atoms with Crippen molar-refractivity contribution in [3.05, 3.63) is 0 Å². The summed E-state index contributed by atoms with van der Waals surface area (Å²) in [6, 6.07) is 0.120. The number of likely N-dealkylation sites (tertiary alicyclic amines) is 1. The fraction of sp³-hybridized carbons (Fsp3) is 1.00. The molecule has 0 radical (unpaired) electrons. The predicted molar refractivity (Wildman–Crippen MR) is 65.6 cm³/mol. The fourth-order valence-corrected chi connectivity index (χ4v) is 2.20. The van der Waals surface area contributed by atoms with Gasteiger partial charge in [0.25, 0.3) is 0 Å². The van der Waals surface area contributed by atoms with Crippen LogP contribution in [-0.4, -0.2) is 57.0 Å². The third-order valence-electron chi connectivity index (χ3n) is 2.89. The lowest BCUT2D eigenvalue weighted by Gasteiger charge is -2.33. The van der Waals surface area contributed by atoms with Gasteiger partial charge in [-0.15, -0.1) is 0 Å². The Balaban J connectivity index is 2.21. The SMILES string of the molecule is CCCOC1CCCN(CC(N)COC)C1. The molecule has 1 saturated heterocycles. The van der Waals surface area contributed by atoms with E-state index in [0.29, 0.717) is 12.7 Å². The largest absolute Gasteiger partial charge is 0.383 e. The lowest BCUT2D eigenvalue weighted by molar-refractivity contribution is -0.00332. The van der Waals surface area contributed by atoms with Crippen molar-refractivity contribution < 1.29 is 9.47 Å². The van der Waals surface area contributed by atoms with Crippen LogP contribution in [0.3, 0.4) is 0 Å². The van der Waals surface area contributed by atoms with Crippen LogP contribution in [0, 0.1) is 0 Å². The molecule has 16 heavy (non-hydrogen) atoms. The molecular formula is C12H26N2O2. The van der Waals surface area contributed by atoms with Crippen LogP contribution in [0.4, 0.5) is 0 Å². The van der Waals surface area contributed by atoms with Crippen LogP contribution in [-0.2, 0) is 9.47 Å². The predicted octanol–water partition coefficient (Wildman–Crippen LogP) is 0.851. The van der Waals surface area contributed by atoms with Crippen molar-refractivity contribution in [2.24, 2.45) is 5.73 Å². The highest BCUT2D eigenvalue weighted by Crippen LogP contribution is 2.13. The third-order valence-corrected chi connectivity index (χ3v) is 2.89. The standard InChI is InChI=1S/C12H26N2O2/c1-3-7-16-12-5-4-6-14(9-12)8-11(13)10-15-2/h11-12H,3-10,13H2,1-2H3. The highest BCUT2D eigenvalue weighted by molar-refractivity contribution is 4.76. The zero-order valence-corrected chi connectivity index (χ0v) is 10.7. The number of piperidine rings is 1. The van der Waals surface area contributed by atoms with Gasteiger partial charge in [-0.25, -0.2) is 0 Å². The highest BCUT2D eigenvalue weighted by atomic mass is 16.5. The van der Waals surface area contributed by atoms with Crippen molar-refractivity contribution in [2.75, 3.05) is 40.0 Å². The molecule has 1 heterocycles.